The molecule has 2 N–H and O–H groups in total. The van der Waals surface area contributed by atoms with Gasteiger partial charge in [0.15, 0.2) is 0 Å². The third-order valence-corrected chi connectivity index (χ3v) is 12.4. The van der Waals surface area contributed by atoms with Crippen LogP contribution in [0.2, 0.25) is 0 Å². The van der Waals surface area contributed by atoms with E-state index in [0.29, 0.717) is 6.42 Å². The van der Waals surface area contributed by atoms with Gasteiger partial charge in [-0.15, -0.1) is 0 Å². The molecule has 0 radical (unpaired) electrons. The Balaban J connectivity index is 0. The normalized spacial score (nSPS) is 11.3. The summed E-state index contributed by atoms with van der Waals surface area (Å²) in [6, 6.07) is 0. The lowest BCUT2D eigenvalue weighted by Crippen LogP contribution is -2.16. The third-order valence-electron chi connectivity index (χ3n) is 12.4. The lowest BCUT2D eigenvalue weighted by molar-refractivity contribution is -0.137. The van der Waals surface area contributed by atoms with Crippen molar-refractivity contribution >= 4 is 5.97 Å². The van der Waals surface area contributed by atoms with Crippen molar-refractivity contribution in [2.24, 2.45) is 0 Å². The van der Waals surface area contributed by atoms with E-state index in [9.17, 15) is 4.79 Å². The average molecular weight is 806 g/mol. The molecule has 0 amide bonds. The maximum Gasteiger partial charge on any atom is 0.303 e. The summed E-state index contributed by atoms with van der Waals surface area (Å²) < 4.78 is 0. The van der Waals surface area contributed by atoms with E-state index in [4.69, 9.17) is 5.11 Å². The smallest absolute Gasteiger partial charge is 0.303 e. The van der Waals surface area contributed by atoms with Crippen LogP contribution in [0.25, 0.3) is 0 Å². The second kappa shape index (κ2) is 57.5. The van der Waals surface area contributed by atoms with E-state index in [-0.39, 0.29) is 0 Å². The van der Waals surface area contributed by atoms with Gasteiger partial charge >= 0.3 is 5.97 Å². The molecule has 0 aliphatic carbocycles. The Morgan fingerprint density at radius 2 is 0.421 bits per heavy atom. The molecule has 0 saturated heterocycles. The Morgan fingerprint density at radius 1 is 0.263 bits per heavy atom. The Kier molecular flexibility index (Phi) is 59.1. The number of hydrogen-bond donors (Lipinski definition) is 2. The van der Waals surface area contributed by atoms with Crippen LogP contribution in [-0.2, 0) is 4.79 Å². The standard InChI is InChI=1S/C36H75N.C18H36O2/c1-3-5-7-9-11-13-15-17-19-21-23-25-27-29-31-33-35-37-36-34-32-30-28-26-24-22-20-18-16-14-12-10-8-6-4-2;1-2-3-4-5-6-7-8-9-10-11-12-13-14-15-16-17-18(19)20/h37H,3-36H2,1-2H3;2-17H2,1H3,(H,19,20). The SMILES string of the molecule is CCCCCCCCCCCCCCCCCC(=O)O.CCCCCCCCCCCCCCCCCCNCCCCCCCCCCCCCCCCCC. The van der Waals surface area contributed by atoms with E-state index < -0.39 is 5.97 Å². The summed E-state index contributed by atoms with van der Waals surface area (Å²) in [6.07, 6.45) is 66.9. The number of rotatable bonds is 50. The first kappa shape index (κ1) is 58.5. The van der Waals surface area contributed by atoms with Gasteiger partial charge in [-0.2, -0.15) is 0 Å². The topological polar surface area (TPSA) is 49.3 Å². The number of hydrogen-bond acceptors (Lipinski definition) is 2. The molecule has 0 fully saturated rings. The van der Waals surface area contributed by atoms with Gasteiger partial charge in [0.25, 0.3) is 0 Å². The maximum atomic E-state index is 10.3. The molecule has 0 atom stereocenters. The molecule has 344 valence electrons. The average Bonchev–Trinajstić information content (AvgIpc) is 3.21. The fraction of sp³-hybridized carbons (Fsp3) is 0.981. The van der Waals surface area contributed by atoms with Gasteiger partial charge in [-0.1, -0.05) is 303 Å². The molecule has 0 aromatic heterocycles. The summed E-state index contributed by atoms with van der Waals surface area (Å²) >= 11 is 0. The van der Waals surface area contributed by atoms with E-state index in [1.54, 1.807) is 0 Å². The highest BCUT2D eigenvalue weighted by Gasteiger charge is 1.99. The monoisotopic (exact) mass is 806 g/mol. The van der Waals surface area contributed by atoms with Crippen molar-refractivity contribution in [3.05, 3.63) is 0 Å². The fourth-order valence-corrected chi connectivity index (χ4v) is 8.37. The molecule has 3 heteroatoms. The molecule has 0 heterocycles. The molecule has 0 unspecified atom stereocenters. The Hall–Kier alpha value is -0.570. The molecule has 0 aliphatic rings. The Labute approximate surface area is 362 Å². The van der Waals surface area contributed by atoms with Gasteiger partial charge < -0.3 is 10.4 Å². The summed E-state index contributed by atoms with van der Waals surface area (Å²) in [5.74, 6) is -0.653. The summed E-state index contributed by atoms with van der Waals surface area (Å²) in [4.78, 5) is 10.3. The van der Waals surface area contributed by atoms with Crippen molar-refractivity contribution < 1.29 is 9.90 Å². The minimum absolute atomic E-state index is 0.345. The fourth-order valence-electron chi connectivity index (χ4n) is 8.37. The highest BCUT2D eigenvalue weighted by Crippen LogP contribution is 2.16. The van der Waals surface area contributed by atoms with Crippen LogP contribution in [0.5, 0.6) is 0 Å². The first-order valence-electron chi connectivity index (χ1n) is 27.1. The van der Waals surface area contributed by atoms with Crippen LogP contribution >= 0.6 is 0 Å². The summed E-state index contributed by atoms with van der Waals surface area (Å²) in [5, 5.41) is 12.2. The van der Waals surface area contributed by atoms with E-state index in [1.807, 2.05) is 0 Å². The molecule has 0 aliphatic heterocycles. The molecule has 0 aromatic carbocycles. The highest BCUT2D eigenvalue weighted by molar-refractivity contribution is 5.66. The minimum Gasteiger partial charge on any atom is -0.481 e. The van der Waals surface area contributed by atoms with Crippen molar-refractivity contribution in [1.29, 1.82) is 0 Å². The third kappa shape index (κ3) is 62.2. The maximum absolute atomic E-state index is 10.3. The second-order valence-electron chi connectivity index (χ2n) is 18.5. The molecule has 0 rings (SSSR count). The number of unbranched alkanes of at least 4 members (excludes halogenated alkanes) is 44. The lowest BCUT2D eigenvalue weighted by Gasteiger charge is -2.06. The van der Waals surface area contributed by atoms with Gasteiger partial charge in [0.2, 0.25) is 0 Å². The van der Waals surface area contributed by atoms with Crippen LogP contribution in [0.1, 0.15) is 329 Å². The van der Waals surface area contributed by atoms with Crippen molar-refractivity contribution in [3.8, 4) is 0 Å². The van der Waals surface area contributed by atoms with Crippen molar-refractivity contribution in [1.82, 2.24) is 5.32 Å². The predicted molar refractivity (Wildman–Crippen MR) is 259 cm³/mol. The quantitative estimate of drug-likeness (QED) is 0.0602. The van der Waals surface area contributed by atoms with E-state index >= 15 is 0 Å². The lowest BCUT2D eigenvalue weighted by atomic mass is 10.0. The van der Waals surface area contributed by atoms with Crippen molar-refractivity contribution in [2.45, 2.75) is 329 Å². The zero-order valence-electron chi connectivity index (χ0n) is 40.2. The molecule has 0 aromatic rings. The molecule has 0 spiro atoms. The molecule has 57 heavy (non-hydrogen) atoms. The Morgan fingerprint density at radius 3 is 0.596 bits per heavy atom. The van der Waals surface area contributed by atoms with Crippen LogP contribution in [0.4, 0.5) is 0 Å². The van der Waals surface area contributed by atoms with Crippen LogP contribution < -0.4 is 5.32 Å². The van der Waals surface area contributed by atoms with E-state index in [0.717, 1.165) is 12.8 Å². The zero-order valence-corrected chi connectivity index (χ0v) is 40.2. The number of carbonyl (C=O) groups is 1. The summed E-state index contributed by atoms with van der Waals surface area (Å²) in [7, 11) is 0. The second-order valence-corrected chi connectivity index (χ2v) is 18.5. The molecular formula is C54H111NO2. The first-order valence-corrected chi connectivity index (χ1v) is 27.1. The number of carboxylic acids is 1. The summed E-state index contributed by atoms with van der Waals surface area (Å²) in [6.45, 7) is 9.38. The molecular weight excluding hydrogens is 695 g/mol. The van der Waals surface area contributed by atoms with Crippen LogP contribution in [0.15, 0.2) is 0 Å². The minimum atomic E-state index is -0.653. The van der Waals surface area contributed by atoms with Crippen molar-refractivity contribution in [3.63, 3.8) is 0 Å². The van der Waals surface area contributed by atoms with Gasteiger partial charge in [0.05, 0.1) is 0 Å². The molecule has 3 nitrogen and oxygen atoms in total. The molecule has 0 saturated carbocycles. The number of aliphatic carboxylic acids is 1. The summed E-state index contributed by atoms with van der Waals surface area (Å²) in [5.41, 5.74) is 0. The largest absolute Gasteiger partial charge is 0.481 e. The molecule has 0 bridgehead atoms. The van der Waals surface area contributed by atoms with E-state index in [2.05, 4.69) is 26.1 Å². The van der Waals surface area contributed by atoms with Gasteiger partial charge in [-0.3, -0.25) is 4.79 Å². The van der Waals surface area contributed by atoms with Crippen LogP contribution in [-0.4, -0.2) is 24.2 Å². The first-order chi connectivity index (χ1) is 28.2. The van der Waals surface area contributed by atoms with Gasteiger partial charge in [0.1, 0.15) is 0 Å². The van der Waals surface area contributed by atoms with Gasteiger partial charge in [-0.05, 0) is 32.4 Å². The van der Waals surface area contributed by atoms with E-state index in [1.165, 1.54) is 302 Å². The highest BCUT2D eigenvalue weighted by atomic mass is 16.4. The van der Waals surface area contributed by atoms with Crippen molar-refractivity contribution in [2.75, 3.05) is 13.1 Å². The number of carboxylic acid groups (broad SMARTS) is 1. The Bertz CT molecular complexity index is 647. The zero-order chi connectivity index (χ0) is 41.6. The van der Waals surface area contributed by atoms with Gasteiger partial charge in [-0.25, -0.2) is 0 Å². The van der Waals surface area contributed by atoms with Crippen LogP contribution in [0.3, 0.4) is 0 Å². The number of nitrogens with one attached hydrogen (secondary N) is 1. The predicted octanol–water partition coefficient (Wildman–Crippen LogP) is 19.4. The van der Waals surface area contributed by atoms with Gasteiger partial charge in [0, 0.05) is 6.42 Å². The van der Waals surface area contributed by atoms with Crippen LogP contribution in [0, 0.1) is 0 Å².